The molecular weight excluding hydrogens is 940 g/mol. The third kappa shape index (κ3) is 14.3. The number of nitrogens with zero attached hydrogens (tertiary/aromatic N) is 3. The molecule has 6 amide bonds. The van der Waals surface area contributed by atoms with Gasteiger partial charge in [-0.15, -0.1) is 0 Å². The summed E-state index contributed by atoms with van der Waals surface area (Å²) < 4.78 is 78.7. The van der Waals surface area contributed by atoms with Crippen LogP contribution < -0.4 is 35.7 Å². The highest BCUT2D eigenvalue weighted by atomic mass is 79.9. The lowest BCUT2D eigenvalue weighted by molar-refractivity contribution is -0.138. The van der Waals surface area contributed by atoms with E-state index in [-0.39, 0.29) is 103 Å². The number of carbonyl (C=O) groups excluding carboxylic acids is 6. The van der Waals surface area contributed by atoms with Gasteiger partial charge >= 0.3 is 0 Å². The number of benzene rings is 4. The Hall–Kier alpha value is -6.90. The quantitative estimate of drug-likeness (QED) is 0.113. The zero-order valence-electron chi connectivity index (χ0n) is 35.8. The van der Waals surface area contributed by atoms with Gasteiger partial charge in [0.2, 0.25) is 23.6 Å². The summed E-state index contributed by atoms with van der Waals surface area (Å²) in [6, 6.07) is 12.6. The molecule has 2 aliphatic rings. The van der Waals surface area contributed by atoms with Crippen LogP contribution >= 0.6 is 15.9 Å². The number of hydrogen-bond acceptors (Lipinski definition) is 10. The second-order valence-electron chi connectivity index (χ2n) is 14.1. The molecule has 0 saturated carbocycles. The SMILES string of the molecule is C.CCc1cc(OC)c(Oc2ccc(C(=O)N3CCN(CC(N)=O)C(=O)C3)cc2F)cc1F.CCc1cc(OC)c(Oc2ccc(C(=O)N3CCNC(=O)C3)cc2F)cc1F.NC(=O)CBr. The number of primary amides is 2. The fourth-order valence-corrected chi connectivity index (χ4v) is 6.26. The van der Waals surface area contributed by atoms with Gasteiger partial charge in [-0.1, -0.05) is 37.2 Å². The standard InChI is InChI=1S/C22H23F2N3O5.C20H20F2N2O4.C2H4BrNO.CH4/c1-3-13-9-18(31-2)19(10-15(13)23)32-17-5-4-14(8-16(17)24)22(30)27-7-6-26(11-20(25)28)21(29)12-27;1-3-12-9-17(27-2)18(10-14(12)21)28-16-5-4-13(8-15(16)22)20(26)24-7-6-23-19(25)11-24;3-1-2(4)5;/h4-5,8-10H,3,6-7,11-12H2,1-2H3,(H2,25,28);4-5,8-10H,3,6-7,11H2,1-2H3,(H,23,25);1H2,(H2,4,5);1H4. The largest absolute Gasteiger partial charge is 0.493 e. The molecule has 0 unspecified atom stereocenters. The van der Waals surface area contributed by atoms with E-state index in [1.807, 2.05) is 0 Å². The van der Waals surface area contributed by atoms with Gasteiger partial charge in [0.25, 0.3) is 11.8 Å². The van der Waals surface area contributed by atoms with Crippen molar-refractivity contribution in [2.45, 2.75) is 34.1 Å². The molecule has 21 heteroatoms. The van der Waals surface area contributed by atoms with Crippen molar-refractivity contribution in [3.8, 4) is 34.5 Å². The summed E-state index contributed by atoms with van der Waals surface area (Å²) in [5.74, 6) is -5.09. The van der Waals surface area contributed by atoms with Crippen molar-refractivity contribution >= 4 is 51.4 Å². The summed E-state index contributed by atoms with van der Waals surface area (Å²) in [7, 11) is 2.80. The number of rotatable bonds is 13. The molecule has 6 rings (SSSR count). The number of amides is 6. The molecule has 2 saturated heterocycles. The molecule has 2 heterocycles. The fraction of sp³-hybridized carbons (Fsp3) is 0.333. The maximum atomic E-state index is 14.7. The van der Waals surface area contributed by atoms with Gasteiger partial charge in [-0.3, -0.25) is 28.8 Å². The van der Waals surface area contributed by atoms with Crippen molar-refractivity contribution in [2.24, 2.45) is 11.5 Å². The first-order valence-electron chi connectivity index (χ1n) is 19.9. The van der Waals surface area contributed by atoms with Gasteiger partial charge < -0.3 is 50.4 Å². The van der Waals surface area contributed by atoms with Crippen molar-refractivity contribution in [2.75, 3.05) is 65.4 Å². The molecule has 0 aliphatic carbocycles. The van der Waals surface area contributed by atoms with Crippen LogP contribution in [0.4, 0.5) is 17.6 Å². The van der Waals surface area contributed by atoms with Crippen LogP contribution in [0.2, 0.25) is 0 Å². The van der Waals surface area contributed by atoms with Crippen molar-refractivity contribution in [3.05, 3.63) is 106 Å². The van der Waals surface area contributed by atoms with E-state index < -0.39 is 46.9 Å². The molecule has 66 heavy (non-hydrogen) atoms. The van der Waals surface area contributed by atoms with Crippen LogP contribution in [0.1, 0.15) is 53.1 Å². The van der Waals surface area contributed by atoms with Crippen LogP contribution in [-0.4, -0.2) is 116 Å². The van der Waals surface area contributed by atoms with E-state index in [4.69, 9.17) is 24.7 Å². The Bertz CT molecular complexity index is 2430. The molecule has 0 radical (unpaired) electrons. The zero-order chi connectivity index (χ0) is 48.0. The fourth-order valence-electron chi connectivity index (χ4n) is 6.26. The predicted octanol–water partition coefficient (Wildman–Crippen LogP) is 5.50. The van der Waals surface area contributed by atoms with E-state index in [1.54, 1.807) is 13.8 Å². The number of alkyl halides is 1. The number of nitrogens with two attached hydrogens (primary N) is 2. The first-order valence-corrected chi connectivity index (χ1v) is 21.0. The molecule has 4 aromatic rings. The van der Waals surface area contributed by atoms with Crippen molar-refractivity contribution < 1.29 is 65.3 Å². The monoisotopic (exact) mass is 990 g/mol. The van der Waals surface area contributed by atoms with Gasteiger partial charge in [0.1, 0.15) is 18.2 Å². The summed E-state index contributed by atoms with van der Waals surface area (Å²) in [4.78, 5) is 73.1. The minimum Gasteiger partial charge on any atom is -0.493 e. The summed E-state index contributed by atoms with van der Waals surface area (Å²) >= 11 is 2.84. The smallest absolute Gasteiger partial charge is 0.254 e. The lowest BCUT2D eigenvalue weighted by atomic mass is 10.1. The average Bonchev–Trinajstić information content (AvgIpc) is 3.28. The maximum Gasteiger partial charge on any atom is 0.254 e. The first kappa shape index (κ1) is 53.4. The van der Waals surface area contributed by atoms with Crippen LogP contribution in [0.25, 0.3) is 0 Å². The van der Waals surface area contributed by atoms with Gasteiger partial charge in [0.05, 0.1) is 32.6 Å². The Morgan fingerprint density at radius 3 is 1.45 bits per heavy atom. The van der Waals surface area contributed by atoms with Crippen molar-refractivity contribution in [3.63, 3.8) is 0 Å². The first-order chi connectivity index (χ1) is 30.9. The van der Waals surface area contributed by atoms with Crippen LogP contribution in [0.3, 0.4) is 0 Å². The number of nitrogens with one attached hydrogen (secondary N) is 1. The molecule has 4 aromatic carbocycles. The second-order valence-corrected chi connectivity index (χ2v) is 14.6. The van der Waals surface area contributed by atoms with Gasteiger partial charge in [0.15, 0.2) is 46.1 Å². The number of halogens is 5. The highest BCUT2D eigenvalue weighted by molar-refractivity contribution is 9.09. The minimum atomic E-state index is -0.837. The van der Waals surface area contributed by atoms with Gasteiger partial charge in [-0.05, 0) is 72.5 Å². The van der Waals surface area contributed by atoms with Crippen molar-refractivity contribution in [1.82, 2.24) is 20.0 Å². The number of hydrogen-bond donors (Lipinski definition) is 3. The number of carbonyl (C=O) groups is 6. The van der Waals surface area contributed by atoms with Crippen molar-refractivity contribution in [1.29, 1.82) is 0 Å². The molecule has 0 spiro atoms. The van der Waals surface area contributed by atoms with Crippen LogP contribution in [0, 0.1) is 23.3 Å². The van der Waals surface area contributed by atoms with E-state index in [9.17, 15) is 46.3 Å². The Labute approximate surface area is 387 Å². The normalized spacial score (nSPS) is 13.1. The van der Waals surface area contributed by atoms with E-state index in [2.05, 4.69) is 27.0 Å². The molecule has 0 atom stereocenters. The van der Waals surface area contributed by atoms with E-state index >= 15 is 0 Å². The summed E-state index contributed by atoms with van der Waals surface area (Å²) in [6.07, 6.45) is 0.926. The molecule has 5 N–H and O–H groups in total. The third-order valence-electron chi connectivity index (χ3n) is 9.63. The molecule has 2 aliphatic heterocycles. The Morgan fingerprint density at radius 1 is 0.636 bits per heavy atom. The second kappa shape index (κ2) is 25.0. The molecule has 0 bridgehead atoms. The lowest BCUT2D eigenvalue weighted by Gasteiger charge is -2.33. The predicted molar refractivity (Wildman–Crippen MR) is 238 cm³/mol. The molecule has 16 nitrogen and oxygen atoms in total. The Kier molecular flexibility index (Phi) is 20.2. The highest BCUT2D eigenvalue weighted by Gasteiger charge is 2.29. The minimum absolute atomic E-state index is 0. The third-order valence-corrected chi connectivity index (χ3v) is 10.2. The van der Waals surface area contributed by atoms with E-state index in [1.165, 1.54) is 65.3 Å². The van der Waals surface area contributed by atoms with E-state index in [0.29, 0.717) is 37.1 Å². The average molecular weight is 992 g/mol. The summed E-state index contributed by atoms with van der Waals surface area (Å²) in [5.41, 5.74) is 10.7. The van der Waals surface area contributed by atoms with Crippen LogP contribution in [-0.2, 0) is 32.0 Å². The molecule has 356 valence electrons. The van der Waals surface area contributed by atoms with Gasteiger partial charge in [-0.25, -0.2) is 17.6 Å². The number of piperazine rings is 2. The van der Waals surface area contributed by atoms with Gasteiger partial charge in [0, 0.05) is 49.4 Å². The Morgan fingerprint density at radius 2 is 1.09 bits per heavy atom. The zero-order valence-corrected chi connectivity index (χ0v) is 37.4. The molecule has 2 fully saturated rings. The molecule has 0 aromatic heterocycles. The number of aryl methyl sites for hydroxylation is 2. The van der Waals surface area contributed by atoms with E-state index in [0.717, 1.165) is 24.3 Å². The maximum absolute atomic E-state index is 14.7. The number of methoxy groups -OCH3 is 2. The van der Waals surface area contributed by atoms with Crippen LogP contribution in [0.15, 0.2) is 60.7 Å². The lowest BCUT2D eigenvalue weighted by Crippen LogP contribution is -2.54. The Balaban J connectivity index is 0.000000315. The topological polar surface area (TPSA) is 213 Å². The molecular formula is C45H51BrF4N6O10. The summed E-state index contributed by atoms with van der Waals surface area (Å²) in [6.45, 7) is 4.10. The van der Waals surface area contributed by atoms with Gasteiger partial charge in [-0.2, -0.15) is 0 Å². The number of ether oxygens (including phenoxy) is 4. The summed E-state index contributed by atoms with van der Waals surface area (Å²) in [5, 5.41) is 2.88. The van der Waals surface area contributed by atoms with Crippen LogP contribution in [0.5, 0.6) is 34.5 Å². The highest BCUT2D eigenvalue weighted by Crippen LogP contribution is 2.37.